The van der Waals surface area contributed by atoms with E-state index in [0.29, 0.717) is 23.7 Å². The zero-order valence-electron chi connectivity index (χ0n) is 22.5. The third-order valence-electron chi connectivity index (χ3n) is 7.28. The van der Waals surface area contributed by atoms with Crippen LogP contribution < -0.4 is 4.90 Å². The van der Waals surface area contributed by atoms with Gasteiger partial charge in [0.15, 0.2) is 15.0 Å². The third kappa shape index (κ3) is 5.70. The van der Waals surface area contributed by atoms with Gasteiger partial charge in [0.2, 0.25) is 0 Å². The lowest BCUT2D eigenvalue weighted by atomic mass is 9.89. The van der Waals surface area contributed by atoms with E-state index in [0.717, 1.165) is 41.5 Å². The number of thiazole rings is 1. The lowest BCUT2D eigenvalue weighted by Crippen LogP contribution is -2.40. The van der Waals surface area contributed by atoms with E-state index in [1.165, 1.54) is 11.1 Å². The summed E-state index contributed by atoms with van der Waals surface area (Å²) >= 11 is 1.66. The van der Waals surface area contributed by atoms with Crippen molar-refractivity contribution in [2.75, 3.05) is 18.0 Å². The predicted octanol–water partition coefficient (Wildman–Crippen LogP) is 7.55. The summed E-state index contributed by atoms with van der Waals surface area (Å²) in [6, 6.07) is 14.7. The largest absolute Gasteiger partial charge is 0.348 e. The van der Waals surface area contributed by atoms with Gasteiger partial charge in [0.25, 0.3) is 0 Å². The average molecular weight is 525 g/mol. The zero-order chi connectivity index (χ0) is 26.0. The Morgan fingerprint density at radius 2 is 1.50 bits per heavy atom. The van der Waals surface area contributed by atoms with Crippen LogP contribution in [-0.2, 0) is 16.3 Å². The highest BCUT2D eigenvalue weighted by atomic mass is 32.2. The monoisotopic (exact) mass is 524 g/mol. The van der Waals surface area contributed by atoms with Crippen molar-refractivity contribution < 1.29 is 8.42 Å². The first-order chi connectivity index (χ1) is 17.1. The van der Waals surface area contributed by atoms with Gasteiger partial charge in [-0.3, -0.25) is 0 Å². The molecule has 0 aliphatic carbocycles. The number of sulfone groups is 1. The highest BCUT2D eigenvalue weighted by Gasteiger charge is 2.36. The van der Waals surface area contributed by atoms with Gasteiger partial charge in [0, 0.05) is 24.9 Å². The molecule has 2 heterocycles. The lowest BCUT2D eigenvalue weighted by molar-refractivity contribution is 0.526. The fourth-order valence-corrected chi connectivity index (χ4v) is 8.36. The molecule has 0 spiro atoms. The van der Waals surface area contributed by atoms with Gasteiger partial charge in [0.05, 0.1) is 15.8 Å². The Kier molecular flexibility index (Phi) is 8.25. The van der Waals surface area contributed by atoms with Crippen LogP contribution in [0, 0.1) is 0 Å². The summed E-state index contributed by atoms with van der Waals surface area (Å²) in [7, 11) is -3.44. The van der Waals surface area contributed by atoms with Crippen molar-refractivity contribution in [1.82, 2.24) is 4.98 Å². The minimum absolute atomic E-state index is 0.157. The number of rotatable bonds is 8. The SMILES string of the molecule is CC(C)c1cc(C(C)C)c(S(=O)(=O)C2CCN(c3nc(Cc4ccccc4)cs3)CC2)c(C(C)C)c1. The Labute approximate surface area is 221 Å². The fraction of sp³-hybridized carbons (Fsp3) is 0.500. The second kappa shape index (κ2) is 11.1. The fourth-order valence-electron chi connectivity index (χ4n) is 5.07. The number of anilines is 1. The maximum Gasteiger partial charge on any atom is 0.185 e. The maximum absolute atomic E-state index is 14.1. The molecule has 1 aliphatic rings. The standard InChI is InChI=1S/C30H40N2O2S2/c1-20(2)24-17-27(21(3)4)29(28(18-24)22(5)6)36(33,34)26-12-14-32(15-13-26)30-31-25(19-35-30)16-23-10-8-7-9-11-23/h7-11,17-22,26H,12-16H2,1-6H3. The van der Waals surface area contributed by atoms with E-state index in [1.54, 1.807) is 11.3 Å². The summed E-state index contributed by atoms with van der Waals surface area (Å²) in [6.07, 6.45) is 2.10. The molecule has 4 rings (SSSR count). The summed E-state index contributed by atoms with van der Waals surface area (Å²) in [4.78, 5) is 7.74. The van der Waals surface area contributed by atoms with Crippen molar-refractivity contribution in [3.63, 3.8) is 0 Å². The molecule has 0 bridgehead atoms. The Morgan fingerprint density at radius 3 is 2.03 bits per heavy atom. The van der Waals surface area contributed by atoms with Crippen LogP contribution in [0.2, 0.25) is 0 Å². The van der Waals surface area contributed by atoms with Crippen molar-refractivity contribution in [3.05, 3.63) is 75.8 Å². The van der Waals surface area contributed by atoms with Crippen LogP contribution in [0.4, 0.5) is 5.13 Å². The van der Waals surface area contributed by atoms with Crippen LogP contribution in [-0.4, -0.2) is 31.7 Å². The van der Waals surface area contributed by atoms with E-state index >= 15 is 0 Å². The Hall–Kier alpha value is -2.18. The number of piperidine rings is 1. The first kappa shape index (κ1) is 26.9. The summed E-state index contributed by atoms with van der Waals surface area (Å²) in [5.74, 6) is 0.680. The summed E-state index contributed by atoms with van der Waals surface area (Å²) in [6.45, 7) is 14.2. The van der Waals surface area contributed by atoms with Crippen molar-refractivity contribution in [2.24, 2.45) is 0 Å². The molecule has 1 fully saturated rings. The van der Waals surface area contributed by atoms with Gasteiger partial charge in [-0.25, -0.2) is 13.4 Å². The first-order valence-corrected chi connectivity index (χ1v) is 15.7. The van der Waals surface area contributed by atoms with E-state index in [4.69, 9.17) is 4.98 Å². The number of hydrogen-bond donors (Lipinski definition) is 0. The van der Waals surface area contributed by atoms with E-state index in [1.807, 2.05) is 6.07 Å². The van der Waals surface area contributed by atoms with Gasteiger partial charge >= 0.3 is 0 Å². The molecule has 194 valence electrons. The van der Waals surface area contributed by atoms with Gasteiger partial charge in [0.1, 0.15) is 0 Å². The van der Waals surface area contributed by atoms with Crippen LogP contribution in [0.5, 0.6) is 0 Å². The molecule has 0 saturated carbocycles. The second-order valence-corrected chi connectivity index (χ2v) is 14.0. The summed E-state index contributed by atoms with van der Waals surface area (Å²) < 4.78 is 28.3. The van der Waals surface area contributed by atoms with Crippen molar-refractivity contribution in [2.45, 2.75) is 88.7 Å². The molecule has 3 aromatic rings. The van der Waals surface area contributed by atoms with Gasteiger partial charge in [-0.2, -0.15) is 0 Å². The molecule has 0 radical (unpaired) electrons. The quantitative estimate of drug-likeness (QED) is 0.305. The molecule has 36 heavy (non-hydrogen) atoms. The van der Waals surface area contributed by atoms with E-state index in [9.17, 15) is 8.42 Å². The molecule has 2 aromatic carbocycles. The Bertz CT molecular complexity index is 1240. The van der Waals surface area contributed by atoms with Gasteiger partial charge < -0.3 is 4.90 Å². The Balaban J connectivity index is 1.54. The topological polar surface area (TPSA) is 50.3 Å². The van der Waals surface area contributed by atoms with Crippen LogP contribution in [0.15, 0.2) is 52.7 Å². The maximum atomic E-state index is 14.1. The minimum Gasteiger partial charge on any atom is -0.348 e. The van der Waals surface area contributed by atoms with Gasteiger partial charge in [-0.15, -0.1) is 11.3 Å². The van der Waals surface area contributed by atoms with Crippen molar-refractivity contribution >= 4 is 26.3 Å². The van der Waals surface area contributed by atoms with Crippen LogP contribution in [0.25, 0.3) is 0 Å². The molecule has 1 aliphatic heterocycles. The van der Waals surface area contributed by atoms with E-state index in [2.05, 4.69) is 88.2 Å². The van der Waals surface area contributed by atoms with Gasteiger partial charge in [-0.05, 0) is 52.8 Å². The van der Waals surface area contributed by atoms with Crippen LogP contribution in [0.1, 0.15) is 100 Å². The van der Waals surface area contributed by atoms with Crippen molar-refractivity contribution in [1.29, 1.82) is 0 Å². The van der Waals surface area contributed by atoms with Crippen molar-refractivity contribution in [3.8, 4) is 0 Å². The molecule has 1 aromatic heterocycles. The zero-order valence-corrected chi connectivity index (χ0v) is 24.1. The summed E-state index contributed by atoms with van der Waals surface area (Å²) in [5, 5.41) is 2.78. The second-order valence-electron chi connectivity index (χ2n) is 11.0. The minimum atomic E-state index is -3.44. The average Bonchev–Trinajstić information content (AvgIpc) is 3.32. The highest BCUT2D eigenvalue weighted by Crippen LogP contribution is 2.39. The predicted molar refractivity (Wildman–Crippen MR) is 152 cm³/mol. The third-order valence-corrected chi connectivity index (χ3v) is 10.6. The molecule has 1 saturated heterocycles. The molecular weight excluding hydrogens is 484 g/mol. The van der Waals surface area contributed by atoms with E-state index in [-0.39, 0.29) is 17.1 Å². The smallest absolute Gasteiger partial charge is 0.185 e. The number of hydrogen-bond acceptors (Lipinski definition) is 5. The molecule has 0 atom stereocenters. The molecule has 0 N–H and O–H groups in total. The van der Waals surface area contributed by atoms with Gasteiger partial charge in [-0.1, -0.05) is 84.0 Å². The van der Waals surface area contributed by atoms with E-state index < -0.39 is 9.84 Å². The molecule has 0 amide bonds. The summed E-state index contributed by atoms with van der Waals surface area (Å²) in [5.41, 5.74) is 5.52. The molecule has 4 nitrogen and oxygen atoms in total. The molecule has 6 heteroatoms. The molecular formula is C30H40N2O2S2. The first-order valence-electron chi connectivity index (χ1n) is 13.2. The number of nitrogens with zero attached hydrogens (tertiary/aromatic N) is 2. The van der Waals surface area contributed by atoms with Crippen LogP contribution >= 0.6 is 11.3 Å². The number of aromatic nitrogens is 1. The Morgan fingerprint density at radius 1 is 0.917 bits per heavy atom. The lowest BCUT2D eigenvalue weighted by Gasteiger charge is -2.33. The normalized spacial score (nSPS) is 15.4. The van der Waals surface area contributed by atoms with Crippen LogP contribution in [0.3, 0.4) is 0 Å². The highest BCUT2D eigenvalue weighted by molar-refractivity contribution is 7.92. The number of benzene rings is 2. The molecule has 0 unspecified atom stereocenters.